The molecule has 23 heavy (non-hydrogen) atoms. The summed E-state index contributed by atoms with van der Waals surface area (Å²) in [5.41, 5.74) is -2.62. The first-order valence-electron chi connectivity index (χ1n) is 7.23. The Balaban J connectivity index is 5.03. The molecule has 0 fully saturated rings. The van der Waals surface area contributed by atoms with E-state index in [-0.39, 0.29) is 19.8 Å². The molecule has 0 aliphatic rings. The molecule has 0 rings (SSSR count). The Kier molecular flexibility index (Phi) is 7.97. The Bertz CT molecular complexity index is 402. The third kappa shape index (κ3) is 9.11. The Morgan fingerprint density at radius 3 is 1.04 bits per heavy atom. The van der Waals surface area contributed by atoms with Crippen molar-refractivity contribution in [1.29, 1.82) is 0 Å². The first-order valence-corrected chi connectivity index (χ1v) is 8.69. The summed E-state index contributed by atoms with van der Waals surface area (Å²) in [4.78, 5) is 32.8. The van der Waals surface area contributed by atoms with Crippen LogP contribution in [0, 0.1) is 16.2 Å². The minimum Gasteiger partial charge on any atom is -0.303 e. The smallest absolute Gasteiger partial charge is 0.303 e. The standard InChI is InChI=1S/C15H27O7P/c1-13(2,7-16)10-20-23(19,21-11-14(3,4)8-17)22-12-15(5,6)9-18/h7-9H,10-12H2,1-6H3. The topological polar surface area (TPSA) is 96.0 Å². The summed E-state index contributed by atoms with van der Waals surface area (Å²) in [6, 6.07) is 0. The van der Waals surface area contributed by atoms with Crippen LogP contribution in [-0.2, 0) is 32.5 Å². The second-order valence-electron chi connectivity index (χ2n) is 7.59. The predicted molar refractivity (Wildman–Crippen MR) is 85.0 cm³/mol. The van der Waals surface area contributed by atoms with E-state index in [1.165, 1.54) is 0 Å². The van der Waals surface area contributed by atoms with Gasteiger partial charge in [-0.05, 0) is 0 Å². The number of hydrogen-bond acceptors (Lipinski definition) is 7. The molecular formula is C15H27O7P. The number of carbonyl (C=O) groups is 3. The van der Waals surface area contributed by atoms with Crippen molar-refractivity contribution >= 4 is 26.7 Å². The molecule has 0 aliphatic carbocycles. The maximum absolute atomic E-state index is 12.7. The van der Waals surface area contributed by atoms with E-state index >= 15 is 0 Å². The number of rotatable bonds is 12. The van der Waals surface area contributed by atoms with Gasteiger partial charge >= 0.3 is 7.82 Å². The van der Waals surface area contributed by atoms with E-state index in [4.69, 9.17) is 13.6 Å². The Morgan fingerprint density at radius 1 is 0.652 bits per heavy atom. The van der Waals surface area contributed by atoms with Gasteiger partial charge in [0.05, 0.1) is 19.8 Å². The van der Waals surface area contributed by atoms with Gasteiger partial charge in [0.15, 0.2) is 0 Å². The zero-order valence-corrected chi connectivity index (χ0v) is 15.6. The Morgan fingerprint density at radius 2 is 0.870 bits per heavy atom. The van der Waals surface area contributed by atoms with Crippen LogP contribution < -0.4 is 0 Å². The third-order valence-electron chi connectivity index (χ3n) is 2.74. The molecule has 0 saturated heterocycles. The van der Waals surface area contributed by atoms with Crippen molar-refractivity contribution in [3.05, 3.63) is 0 Å². The normalized spacial score (nSPS) is 13.7. The van der Waals surface area contributed by atoms with Crippen LogP contribution in [0.5, 0.6) is 0 Å². The van der Waals surface area contributed by atoms with Crippen LogP contribution >= 0.6 is 7.82 Å². The molecule has 0 aromatic carbocycles. The van der Waals surface area contributed by atoms with Gasteiger partial charge in [-0.15, -0.1) is 0 Å². The lowest BCUT2D eigenvalue weighted by Gasteiger charge is -2.27. The fourth-order valence-electron chi connectivity index (χ4n) is 0.950. The molecule has 0 heterocycles. The zero-order chi connectivity index (χ0) is 18.4. The number of phosphoric ester groups is 1. The van der Waals surface area contributed by atoms with Crippen molar-refractivity contribution in [2.24, 2.45) is 16.2 Å². The van der Waals surface area contributed by atoms with Gasteiger partial charge in [0.1, 0.15) is 18.9 Å². The van der Waals surface area contributed by atoms with Crippen LogP contribution in [0.25, 0.3) is 0 Å². The average Bonchev–Trinajstić information content (AvgIpc) is 2.50. The maximum atomic E-state index is 12.7. The van der Waals surface area contributed by atoms with Crippen LogP contribution in [0.3, 0.4) is 0 Å². The second kappa shape index (κ2) is 8.29. The van der Waals surface area contributed by atoms with Gasteiger partial charge in [-0.2, -0.15) is 0 Å². The average molecular weight is 350 g/mol. The van der Waals surface area contributed by atoms with Crippen molar-refractivity contribution < 1.29 is 32.5 Å². The van der Waals surface area contributed by atoms with E-state index in [1.54, 1.807) is 41.5 Å². The van der Waals surface area contributed by atoms with Crippen molar-refractivity contribution in [1.82, 2.24) is 0 Å². The van der Waals surface area contributed by atoms with Crippen molar-refractivity contribution in [3.8, 4) is 0 Å². The minimum absolute atomic E-state index is 0.184. The van der Waals surface area contributed by atoms with Crippen molar-refractivity contribution in [3.63, 3.8) is 0 Å². The molecule has 134 valence electrons. The SMILES string of the molecule is CC(C)(C=O)COP(=O)(OCC(C)(C)C=O)OCC(C)(C)C=O. The molecule has 0 N–H and O–H groups in total. The van der Waals surface area contributed by atoms with Gasteiger partial charge in [0, 0.05) is 16.2 Å². The third-order valence-corrected chi connectivity index (χ3v) is 4.08. The van der Waals surface area contributed by atoms with Crippen molar-refractivity contribution in [2.75, 3.05) is 19.8 Å². The lowest BCUT2D eigenvalue weighted by molar-refractivity contribution is -0.116. The molecule has 0 bridgehead atoms. The molecule has 0 aromatic heterocycles. The van der Waals surface area contributed by atoms with Crippen LogP contribution in [0.1, 0.15) is 41.5 Å². The van der Waals surface area contributed by atoms with Gasteiger partial charge < -0.3 is 14.4 Å². The summed E-state index contributed by atoms with van der Waals surface area (Å²) in [6.45, 7) is 9.09. The molecule has 0 radical (unpaired) electrons. The summed E-state index contributed by atoms with van der Waals surface area (Å²) in [6.07, 6.45) is 2.01. The maximum Gasteiger partial charge on any atom is 0.474 e. The van der Waals surface area contributed by atoms with Crippen LogP contribution in [0.15, 0.2) is 0 Å². The molecule has 0 unspecified atom stereocenters. The number of phosphoric acid groups is 1. The van der Waals surface area contributed by atoms with Gasteiger partial charge in [0.25, 0.3) is 0 Å². The highest BCUT2D eigenvalue weighted by Crippen LogP contribution is 2.52. The highest BCUT2D eigenvalue weighted by atomic mass is 31.2. The summed E-state index contributed by atoms with van der Waals surface area (Å²) < 4.78 is 28.3. The van der Waals surface area contributed by atoms with E-state index < -0.39 is 24.1 Å². The van der Waals surface area contributed by atoms with E-state index in [2.05, 4.69) is 0 Å². The zero-order valence-electron chi connectivity index (χ0n) is 14.7. The Labute approximate surface area is 137 Å². The first-order chi connectivity index (χ1) is 10.3. The van der Waals surface area contributed by atoms with Gasteiger partial charge in [-0.25, -0.2) is 4.57 Å². The number of aldehydes is 3. The lowest BCUT2D eigenvalue weighted by atomic mass is 9.98. The minimum atomic E-state index is -4.02. The predicted octanol–water partition coefficient (Wildman–Crippen LogP) is 2.82. The fraction of sp³-hybridized carbons (Fsp3) is 0.800. The van der Waals surface area contributed by atoms with Gasteiger partial charge in [-0.1, -0.05) is 41.5 Å². The molecule has 0 amide bonds. The monoisotopic (exact) mass is 350 g/mol. The molecule has 0 aromatic rings. The summed E-state index contributed by atoms with van der Waals surface area (Å²) in [7, 11) is -4.02. The van der Waals surface area contributed by atoms with Crippen LogP contribution in [-0.4, -0.2) is 38.7 Å². The molecule has 0 aliphatic heterocycles. The molecule has 8 heteroatoms. The molecule has 0 spiro atoms. The van der Waals surface area contributed by atoms with E-state index in [9.17, 15) is 18.9 Å². The highest BCUT2D eigenvalue weighted by molar-refractivity contribution is 7.48. The Hall–Kier alpha value is -0.880. The van der Waals surface area contributed by atoms with E-state index in [0.717, 1.165) is 0 Å². The van der Waals surface area contributed by atoms with E-state index in [1.807, 2.05) is 0 Å². The number of carbonyl (C=O) groups excluding carboxylic acids is 3. The highest BCUT2D eigenvalue weighted by Gasteiger charge is 2.35. The van der Waals surface area contributed by atoms with Gasteiger partial charge in [-0.3, -0.25) is 13.6 Å². The number of hydrogen-bond donors (Lipinski definition) is 0. The van der Waals surface area contributed by atoms with E-state index in [0.29, 0.717) is 18.9 Å². The largest absolute Gasteiger partial charge is 0.474 e. The fourth-order valence-corrected chi connectivity index (χ4v) is 2.65. The van der Waals surface area contributed by atoms with Gasteiger partial charge in [0.2, 0.25) is 0 Å². The molecular weight excluding hydrogens is 323 g/mol. The second-order valence-corrected chi connectivity index (χ2v) is 9.26. The molecule has 0 atom stereocenters. The summed E-state index contributed by atoms with van der Waals surface area (Å²) in [5, 5.41) is 0. The lowest BCUT2D eigenvalue weighted by Crippen LogP contribution is -2.25. The quantitative estimate of drug-likeness (QED) is 0.394. The summed E-state index contributed by atoms with van der Waals surface area (Å²) in [5.74, 6) is 0. The molecule has 7 nitrogen and oxygen atoms in total. The van der Waals surface area contributed by atoms with Crippen molar-refractivity contribution in [2.45, 2.75) is 41.5 Å². The van der Waals surface area contributed by atoms with Crippen LogP contribution in [0.4, 0.5) is 0 Å². The van der Waals surface area contributed by atoms with Crippen LogP contribution in [0.2, 0.25) is 0 Å². The molecule has 0 saturated carbocycles. The summed E-state index contributed by atoms with van der Waals surface area (Å²) >= 11 is 0. The first kappa shape index (κ1) is 22.1.